The maximum Gasteiger partial charge on any atom is 0.263 e. The van der Waals surface area contributed by atoms with Gasteiger partial charge in [0.05, 0.1) is 0 Å². The van der Waals surface area contributed by atoms with Crippen LogP contribution in [-0.2, 0) is 0 Å². The van der Waals surface area contributed by atoms with E-state index in [9.17, 15) is 8.78 Å². The molecule has 1 saturated heterocycles. The van der Waals surface area contributed by atoms with Gasteiger partial charge in [0.15, 0.2) is 0 Å². The number of anilines is 2. The third kappa shape index (κ3) is 7.41. The van der Waals surface area contributed by atoms with E-state index < -0.39 is 6.43 Å². The summed E-state index contributed by atoms with van der Waals surface area (Å²) in [4.78, 5) is 6.79. The van der Waals surface area contributed by atoms with E-state index in [0.717, 1.165) is 46.8 Å². The summed E-state index contributed by atoms with van der Waals surface area (Å²) >= 11 is 0. The van der Waals surface area contributed by atoms with Crippen molar-refractivity contribution in [2.75, 3.05) is 30.4 Å². The Hall–Kier alpha value is -3.21. The number of nitrogens with one attached hydrogen (secondary N) is 1. The number of nitrogens with zero attached hydrogens (tertiary/aromatic N) is 2. The summed E-state index contributed by atoms with van der Waals surface area (Å²) < 4.78 is 25.0. The first-order valence-electron chi connectivity index (χ1n) is 12.0. The lowest BCUT2D eigenvalue weighted by molar-refractivity contribution is 0.151. The summed E-state index contributed by atoms with van der Waals surface area (Å²) in [6.07, 6.45) is 5.25. The zero-order chi connectivity index (χ0) is 24.9. The fourth-order valence-corrected chi connectivity index (χ4v) is 3.86. The molecular weight excluding hydrogens is 428 g/mol. The van der Waals surface area contributed by atoms with Gasteiger partial charge in [-0.3, -0.25) is 0 Å². The van der Waals surface area contributed by atoms with Gasteiger partial charge in [-0.05, 0) is 66.6 Å². The van der Waals surface area contributed by atoms with E-state index in [1.54, 1.807) is 12.1 Å². The third-order valence-corrected chi connectivity index (χ3v) is 5.76. The number of aromatic nitrogens is 1. The molecule has 3 nitrogen and oxygen atoms in total. The maximum atomic E-state index is 12.5. The summed E-state index contributed by atoms with van der Waals surface area (Å²) in [5.74, 6) is 1.11. The third-order valence-electron chi connectivity index (χ3n) is 5.76. The molecule has 4 rings (SSSR count). The molecule has 1 aliphatic rings. The Balaban J connectivity index is 0.000000230. The van der Waals surface area contributed by atoms with Crippen LogP contribution in [-0.4, -0.2) is 25.1 Å². The molecule has 3 aromatic rings. The molecule has 0 radical (unpaired) electrons. The fraction of sp³-hybridized carbons (Fsp3) is 0.345. The monoisotopic (exact) mass is 465 g/mol. The number of halogens is 2. The second kappa shape index (κ2) is 14.1. The number of benzene rings is 2. The molecule has 1 aliphatic heterocycles. The number of hydrogen-bond acceptors (Lipinski definition) is 3. The first-order valence-corrected chi connectivity index (χ1v) is 12.0. The van der Waals surface area contributed by atoms with Crippen LogP contribution in [0.15, 0.2) is 67.4 Å². The van der Waals surface area contributed by atoms with Gasteiger partial charge >= 0.3 is 0 Å². The Kier molecular flexibility index (Phi) is 11.2. The van der Waals surface area contributed by atoms with Crippen LogP contribution in [0.3, 0.4) is 0 Å². The molecule has 1 fully saturated rings. The quantitative estimate of drug-likeness (QED) is 0.410. The lowest BCUT2D eigenvalue weighted by Crippen LogP contribution is -2.29. The van der Waals surface area contributed by atoms with Crippen LogP contribution in [0.5, 0.6) is 0 Å². The van der Waals surface area contributed by atoms with Gasteiger partial charge in [0, 0.05) is 37.6 Å². The molecule has 2 heterocycles. The van der Waals surface area contributed by atoms with Crippen LogP contribution >= 0.6 is 0 Å². The normalized spacial score (nSPS) is 12.7. The molecule has 0 spiro atoms. The second-order valence-corrected chi connectivity index (χ2v) is 7.85. The first-order chi connectivity index (χ1) is 16.5. The number of piperidine rings is 1. The van der Waals surface area contributed by atoms with Crippen molar-refractivity contribution in [3.63, 3.8) is 0 Å². The summed E-state index contributed by atoms with van der Waals surface area (Å²) in [7, 11) is 1.87. The van der Waals surface area contributed by atoms with Crippen molar-refractivity contribution in [2.24, 2.45) is 0 Å². The number of alkyl halides is 2. The van der Waals surface area contributed by atoms with Crippen LogP contribution in [0, 0.1) is 6.92 Å². The van der Waals surface area contributed by atoms with Crippen molar-refractivity contribution >= 4 is 17.6 Å². The zero-order valence-electron chi connectivity index (χ0n) is 20.8. The molecule has 1 N–H and O–H groups in total. The predicted molar refractivity (Wildman–Crippen MR) is 143 cm³/mol. The maximum absolute atomic E-state index is 12.5. The number of hydrogen-bond donors (Lipinski definition) is 1. The predicted octanol–water partition coefficient (Wildman–Crippen LogP) is 8.38. The Morgan fingerprint density at radius 2 is 1.65 bits per heavy atom. The van der Waals surface area contributed by atoms with Crippen molar-refractivity contribution in [1.29, 1.82) is 0 Å². The number of rotatable bonds is 5. The van der Waals surface area contributed by atoms with E-state index in [-0.39, 0.29) is 5.56 Å². The molecule has 0 amide bonds. The smallest absolute Gasteiger partial charge is 0.263 e. The van der Waals surface area contributed by atoms with Crippen LogP contribution in [0.1, 0.15) is 56.2 Å². The highest BCUT2D eigenvalue weighted by molar-refractivity contribution is 5.73. The minimum absolute atomic E-state index is 0.0566. The van der Waals surface area contributed by atoms with Crippen LogP contribution in [0.4, 0.5) is 20.3 Å². The van der Waals surface area contributed by atoms with Crippen molar-refractivity contribution in [2.45, 2.75) is 46.5 Å². The summed E-state index contributed by atoms with van der Waals surface area (Å²) in [6.45, 7) is 12.0. The molecule has 0 bridgehead atoms. The lowest BCUT2D eigenvalue weighted by atomic mass is 9.98. The topological polar surface area (TPSA) is 28.2 Å². The van der Waals surface area contributed by atoms with Crippen LogP contribution in [0.2, 0.25) is 0 Å². The Morgan fingerprint density at radius 1 is 0.971 bits per heavy atom. The van der Waals surface area contributed by atoms with Crippen molar-refractivity contribution in [3.8, 4) is 11.1 Å². The highest BCUT2D eigenvalue weighted by Gasteiger charge is 2.11. The Bertz CT molecular complexity index is 993. The standard InChI is InChI=1S/C15H15F2N.C12H16N2.C2H6/c1-10-13(4-3-5-14(10)18-2)11-6-8-12(9-7-11)15(16)17;1-2-11-6-7-12(13-10-11)14-8-4-3-5-9-14;1-2/h3-9,15,18H,1-2H3;2,6-7,10H,1,3-5,8-9H2;1-2H3. The molecule has 0 atom stereocenters. The fourth-order valence-electron chi connectivity index (χ4n) is 3.86. The molecule has 182 valence electrons. The van der Waals surface area contributed by atoms with Gasteiger partial charge in [-0.25, -0.2) is 13.8 Å². The average molecular weight is 466 g/mol. The van der Waals surface area contributed by atoms with Crippen LogP contribution < -0.4 is 10.2 Å². The molecule has 0 aliphatic carbocycles. The zero-order valence-corrected chi connectivity index (χ0v) is 20.8. The molecule has 2 aromatic carbocycles. The van der Waals surface area contributed by atoms with Crippen molar-refractivity contribution in [1.82, 2.24) is 4.98 Å². The largest absolute Gasteiger partial charge is 0.388 e. The van der Waals surface area contributed by atoms with Gasteiger partial charge in [-0.1, -0.05) is 62.9 Å². The van der Waals surface area contributed by atoms with E-state index in [1.165, 1.54) is 31.4 Å². The van der Waals surface area contributed by atoms with Gasteiger partial charge in [0.1, 0.15) is 5.82 Å². The molecule has 5 heteroatoms. The van der Waals surface area contributed by atoms with E-state index >= 15 is 0 Å². The van der Waals surface area contributed by atoms with Gasteiger partial charge in [-0.15, -0.1) is 0 Å². The molecule has 34 heavy (non-hydrogen) atoms. The number of pyridine rings is 1. The van der Waals surface area contributed by atoms with E-state index in [2.05, 4.69) is 33.9 Å². The lowest BCUT2D eigenvalue weighted by Gasteiger charge is -2.27. The SMILES string of the molecule is C=Cc1ccc(N2CCCCC2)nc1.CC.CNc1cccc(-c2ccc(C(F)F)cc2)c1C. The molecule has 0 saturated carbocycles. The summed E-state index contributed by atoms with van der Waals surface area (Å²) in [5, 5.41) is 3.12. The molecule has 1 aromatic heterocycles. The minimum atomic E-state index is -2.41. The van der Waals surface area contributed by atoms with E-state index in [4.69, 9.17) is 0 Å². The van der Waals surface area contributed by atoms with Gasteiger partial charge in [-0.2, -0.15) is 0 Å². The first kappa shape index (κ1) is 27.0. The van der Waals surface area contributed by atoms with E-state index in [1.807, 2.05) is 58.3 Å². The second-order valence-electron chi connectivity index (χ2n) is 7.85. The van der Waals surface area contributed by atoms with Crippen molar-refractivity contribution < 1.29 is 8.78 Å². The Morgan fingerprint density at radius 3 is 2.18 bits per heavy atom. The Labute approximate surface area is 203 Å². The molecule has 0 unspecified atom stereocenters. The van der Waals surface area contributed by atoms with Crippen LogP contribution in [0.25, 0.3) is 17.2 Å². The average Bonchev–Trinajstić information content (AvgIpc) is 2.91. The van der Waals surface area contributed by atoms with Crippen molar-refractivity contribution in [3.05, 3.63) is 84.1 Å². The molecular formula is C29H37F2N3. The van der Waals surface area contributed by atoms with Gasteiger partial charge in [0.25, 0.3) is 6.43 Å². The van der Waals surface area contributed by atoms with E-state index in [0.29, 0.717) is 0 Å². The minimum Gasteiger partial charge on any atom is -0.388 e. The highest BCUT2D eigenvalue weighted by atomic mass is 19.3. The highest BCUT2D eigenvalue weighted by Crippen LogP contribution is 2.30. The summed E-state index contributed by atoms with van der Waals surface area (Å²) in [5.41, 5.74) is 5.32. The summed E-state index contributed by atoms with van der Waals surface area (Å²) in [6, 6.07) is 16.5. The van der Waals surface area contributed by atoms with Gasteiger partial charge in [0.2, 0.25) is 0 Å². The van der Waals surface area contributed by atoms with Gasteiger partial charge < -0.3 is 10.2 Å².